The Kier molecular flexibility index (Phi) is 2.88. The third-order valence-electron chi connectivity index (χ3n) is 2.26. The van der Waals surface area contributed by atoms with Gasteiger partial charge in [-0.25, -0.2) is 0 Å². The highest BCUT2D eigenvalue weighted by atomic mass is 16.2. The van der Waals surface area contributed by atoms with Gasteiger partial charge in [-0.15, -0.1) is 0 Å². The lowest BCUT2D eigenvalue weighted by atomic mass is 10.1. The molecule has 1 atom stereocenters. The molecule has 1 N–H and O–H groups in total. The van der Waals surface area contributed by atoms with E-state index in [1.165, 1.54) is 0 Å². The molecule has 1 aliphatic heterocycles. The summed E-state index contributed by atoms with van der Waals surface area (Å²) in [7, 11) is 1.85. The molecular formula is C8H16N2O. The maximum atomic E-state index is 11.5. The molecule has 0 aromatic rings. The van der Waals surface area contributed by atoms with Crippen LogP contribution in [-0.2, 0) is 4.79 Å². The summed E-state index contributed by atoms with van der Waals surface area (Å²) in [6, 6.07) is 0.0729. The van der Waals surface area contributed by atoms with Crippen LogP contribution >= 0.6 is 0 Å². The third kappa shape index (κ3) is 1.71. The summed E-state index contributed by atoms with van der Waals surface area (Å²) in [6.07, 6.45) is 2.12. The van der Waals surface area contributed by atoms with Crippen molar-refractivity contribution >= 4 is 5.91 Å². The van der Waals surface area contributed by atoms with Crippen LogP contribution in [0.15, 0.2) is 0 Å². The summed E-state index contributed by atoms with van der Waals surface area (Å²) in [6.45, 7) is 3.81. The molecule has 0 aromatic carbocycles. The zero-order chi connectivity index (χ0) is 8.27. The first kappa shape index (κ1) is 8.53. The van der Waals surface area contributed by atoms with Crippen molar-refractivity contribution in [2.24, 2.45) is 0 Å². The number of piperidine rings is 1. The third-order valence-corrected chi connectivity index (χ3v) is 2.26. The fourth-order valence-electron chi connectivity index (χ4n) is 1.52. The Morgan fingerprint density at radius 2 is 2.45 bits per heavy atom. The molecule has 0 bridgehead atoms. The predicted octanol–water partition coefficient (Wildman–Crippen LogP) is 0.217. The van der Waals surface area contributed by atoms with Gasteiger partial charge in [0.1, 0.15) is 0 Å². The van der Waals surface area contributed by atoms with Crippen molar-refractivity contribution in [3.63, 3.8) is 0 Å². The first-order chi connectivity index (χ1) is 5.29. The van der Waals surface area contributed by atoms with Gasteiger partial charge in [-0.2, -0.15) is 0 Å². The van der Waals surface area contributed by atoms with E-state index in [0.29, 0.717) is 0 Å². The average Bonchev–Trinajstić information content (AvgIpc) is 2.05. The number of hydrogen-bond donors (Lipinski definition) is 1. The minimum absolute atomic E-state index is 0.0729. The van der Waals surface area contributed by atoms with Crippen LogP contribution in [0.3, 0.4) is 0 Å². The van der Waals surface area contributed by atoms with E-state index in [1.54, 1.807) is 0 Å². The molecule has 1 saturated heterocycles. The van der Waals surface area contributed by atoms with Crippen LogP contribution in [-0.4, -0.2) is 37.0 Å². The van der Waals surface area contributed by atoms with Gasteiger partial charge in [-0.1, -0.05) is 0 Å². The molecule has 1 unspecified atom stereocenters. The van der Waals surface area contributed by atoms with Gasteiger partial charge in [-0.05, 0) is 26.8 Å². The quantitative estimate of drug-likeness (QED) is 0.620. The van der Waals surface area contributed by atoms with Crippen molar-refractivity contribution in [2.75, 3.05) is 20.1 Å². The molecule has 0 spiro atoms. The van der Waals surface area contributed by atoms with Gasteiger partial charge in [0.2, 0.25) is 5.91 Å². The van der Waals surface area contributed by atoms with E-state index in [0.717, 1.165) is 25.9 Å². The number of nitrogens with zero attached hydrogens (tertiary/aromatic N) is 1. The smallest absolute Gasteiger partial charge is 0.239 e. The molecule has 1 amide bonds. The molecule has 3 nitrogen and oxygen atoms in total. The van der Waals surface area contributed by atoms with Crippen LogP contribution in [0.2, 0.25) is 0 Å². The highest BCUT2D eigenvalue weighted by Gasteiger charge is 2.25. The molecule has 0 aliphatic carbocycles. The number of hydrogen-bond acceptors (Lipinski definition) is 2. The van der Waals surface area contributed by atoms with Crippen LogP contribution < -0.4 is 5.32 Å². The summed E-state index contributed by atoms with van der Waals surface area (Å²) < 4.78 is 0. The van der Waals surface area contributed by atoms with Crippen LogP contribution in [0, 0.1) is 0 Å². The van der Waals surface area contributed by atoms with Gasteiger partial charge in [-0.3, -0.25) is 4.79 Å². The molecule has 64 valence electrons. The fourth-order valence-corrected chi connectivity index (χ4v) is 1.52. The van der Waals surface area contributed by atoms with E-state index in [2.05, 4.69) is 5.32 Å². The maximum absolute atomic E-state index is 11.5. The standard InChI is InChI=1S/C8H16N2O/c1-3-10-6-4-5-7(9-2)8(10)11/h7,9H,3-6H2,1-2H3. The first-order valence-electron chi connectivity index (χ1n) is 4.25. The summed E-state index contributed by atoms with van der Waals surface area (Å²) >= 11 is 0. The Morgan fingerprint density at radius 1 is 1.73 bits per heavy atom. The zero-order valence-corrected chi connectivity index (χ0v) is 7.26. The lowest BCUT2D eigenvalue weighted by Crippen LogP contribution is -2.49. The predicted molar refractivity (Wildman–Crippen MR) is 44.3 cm³/mol. The summed E-state index contributed by atoms with van der Waals surface area (Å²) in [5.74, 6) is 0.265. The van der Waals surface area contributed by atoms with Gasteiger partial charge >= 0.3 is 0 Å². The molecule has 0 radical (unpaired) electrons. The van der Waals surface area contributed by atoms with E-state index in [4.69, 9.17) is 0 Å². The molecule has 11 heavy (non-hydrogen) atoms. The van der Waals surface area contributed by atoms with Crippen molar-refractivity contribution in [3.05, 3.63) is 0 Å². The van der Waals surface area contributed by atoms with E-state index in [9.17, 15) is 4.79 Å². The Morgan fingerprint density at radius 3 is 3.00 bits per heavy atom. The molecule has 3 heteroatoms. The molecule has 1 aliphatic rings. The van der Waals surface area contributed by atoms with E-state index < -0.39 is 0 Å². The Balaban J connectivity index is 2.52. The molecule has 0 aromatic heterocycles. The summed E-state index contributed by atoms with van der Waals surface area (Å²) in [4.78, 5) is 13.4. The van der Waals surface area contributed by atoms with Crippen molar-refractivity contribution in [1.29, 1.82) is 0 Å². The number of likely N-dealkylation sites (tertiary alicyclic amines) is 1. The normalized spacial score (nSPS) is 25.8. The molecule has 1 heterocycles. The van der Waals surface area contributed by atoms with Crippen molar-refractivity contribution in [1.82, 2.24) is 10.2 Å². The largest absolute Gasteiger partial charge is 0.342 e. The number of likely N-dealkylation sites (N-methyl/N-ethyl adjacent to an activating group) is 2. The molecule has 0 saturated carbocycles. The van der Waals surface area contributed by atoms with E-state index in [-0.39, 0.29) is 11.9 Å². The zero-order valence-electron chi connectivity index (χ0n) is 7.26. The van der Waals surface area contributed by atoms with Gasteiger partial charge in [0.05, 0.1) is 6.04 Å². The second-order valence-corrected chi connectivity index (χ2v) is 2.90. The lowest BCUT2D eigenvalue weighted by Gasteiger charge is -2.30. The van der Waals surface area contributed by atoms with Crippen LogP contribution in [0.4, 0.5) is 0 Å². The number of rotatable bonds is 2. The average molecular weight is 156 g/mol. The lowest BCUT2D eigenvalue weighted by molar-refractivity contribution is -0.135. The van der Waals surface area contributed by atoms with Gasteiger partial charge in [0.15, 0.2) is 0 Å². The number of carbonyl (C=O) groups is 1. The van der Waals surface area contributed by atoms with Crippen LogP contribution in [0.25, 0.3) is 0 Å². The van der Waals surface area contributed by atoms with Gasteiger partial charge in [0.25, 0.3) is 0 Å². The second-order valence-electron chi connectivity index (χ2n) is 2.90. The van der Waals surface area contributed by atoms with Gasteiger partial charge in [0, 0.05) is 13.1 Å². The summed E-state index contributed by atoms with van der Waals surface area (Å²) in [5, 5.41) is 3.03. The van der Waals surface area contributed by atoms with Crippen molar-refractivity contribution in [2.45, 2.75) is 25.8 Å². The van der Waals surface area contributed by atoms with E-state index in [1.807, 2.05) is 18.9 Å². The van der Waals surface area contributed by atoms with Crippen LogP contribution in [0.5, 0.6) is 0 Å². The minimum atomic E-state index is 0.0729. The van der Waals surface area contributed by atoms with Crippen molar-refractivity contribution < 1.29 is 4.79 Å². The highest BCUT2D eigenvalue weighted by Crippen LogP contribution is 2.10. The van der Waals surface area contributed by atoms with Crippen LogP contribution in [0.1, 0.15) is 19.8 Å². The Hall–Kier alpha value is -0.570. The Bertz CT molecular complexity index is 133. The minimum Gasteiger partial charge on any atom is -0.342 e. The Labute approximate surface area is 67.8 Å². The maximum Gasteiger partial charge on any atom is 0.239 e. The fraction of sp³-hybridized carbons (Fsp3) is 0.875. The summed E-state index contributed by atoms with van der Waals surface area (Å²) in [5.41, 5.74) is 0. The monoisotopic (exact) mass is 156 g/mol. The highest BCUT2D eigenvalue weighted by molar-refractivity contribution is 5.82. The molecule has 1 fully saturated rings. The topological polar surface area (TPSA) is 32.3 Å². The van der Waals surface area contributed by atoms with Gasteiger partial charge < -0.3 is 10.2 Å². The second kappa shape index (κ2) is 3.72. The number of carbonyl (C=O) groups excluding carboxylic acids is 1. The molecule has 1 rings (SSSR count). The molecular weight excluding hydrogens is 140 g/mol. The number of amides is 1. The van der Waals surface area contributed by atoms with E-state index >= 15 is 0 Å². The number of nitrogens with one attached hydrogen (secondary N) is 1. The first-order valence-corrected chi connectivity index (χ1v) is 4.25. The SMILES string of the molecule is CCN1CCCC(NC)C1=O. The van der Waals surface area contributed by atoms with Crippen molar-refractivity contribution in [3.8, 4) is 0 Å².